The van der Waals surface area contributed by atoms with Gasteiger partial charge in [0, 0.05) is 43.5 Å². The van der Waals surface area contributed by atoms with E-state index < -0.39 is 12.1 Å². The molecule has 0 unspecified atom stereocenters. The highest BCUT2D eigenvalue weighted by Gasteiger charge is 2.30. The van der Waals surface area contributed by atoms with Crippen LogP contribution < -0.4 is 15.4 Å². The van der Waals surface area contributed by atoms with Gasteiger partial charge < -0.3 is 30.1 Å². The van der Waals surface area contributed by atoms with Crippen LogP contribution in [0.25, 0.3) is 0 Å². The van der Waals surface area contributed by atoms with Gasteiger partial charge in [-0.25, -0.2) is 4.79 Å². The van der Waals surface area contributed by atoms with Crippen LogP contribution >= 0.6 is 23.2 Å². The summed E-state index contributed by atoms with van der Waals surface area (Å²) in [7, 11) is 2.03. The Hall–Kier alpha value is -3.34. The third-order valence-electron chi connectivity index (χ3n) is 8.27. The fourth-order valence-electron chi connectivity index (χ4n) is 5.60. The molecule has 1 aliphatic heterocycles. The molecule has 1 aliphatic rings. The second-order valence-electron chi connectivity index (χ2n) is 12.4. The van der Waals surface area contributed by atoms with E-state index in [0.29, 0.717) is 59.0 Å². The zero-order chi connectivity index (χ0) is 33.9. The third kappa shape index (κ3) is 10.8. The number of nitrogens with zero attached hydrogens (tertiary/aromatic N) is 2. The van der Waals surface area contributed by atoms with Crippen LogP contribution in [-0.2, 0) is 11.3 Å². The number of hydrogen-bond acceptors (Lipinski definition) is 6. The number of rotatable bonds is 8. The van der Waals surface area contributed by atoms with Crippen molar-refractivity contribution in [3.05, 3.63) is 87.9 Å². The molecule has 0 spiro atoms. The van der Waals surface area contributed by atoms with Crippen molar-refractivity contribution < 1.29 is 24.2 Å². The van der Waals surface area contributed by atoms with E-state index in [1.807, 2.05) is 51.2 Å². The molecule has 47 heavy (non-hydrogen) atoms. The van der Waals surface area contributed by atoms with E-state index in [-0.39, 0.29) is 30.6 Å². The van der Waals surface area contributed by atoms with Crippen molar-refractivity contribution in [2.45, 2.75) is 64.8 Å². The van der Waals surface area contributed by atoms with Crippen LogP contribution in [0.4, 0.5) is 16.2 Å². The predicted octanol–water partition coefficient (Wildman–Crippen LogP) is 7.56. The van der Waals surface area contributed by atoms with Crippen molar-refractivity contribution in [2.24, 2.45) is 5.92 Å². The quantitative estimate of drug-likeness (QED) is 0.226. The van der Waals surface area contributed by atoms with Gasteiger partial charge in [-0.3, -0.25) is 9.69 Å². The zero-order valence-electron chi connectivity index (χ0n) is 27.5. The number of aliphatic hydroxyl groups excluding tert-OH is 1. The molecule has 3 amide bonds. The molecule has 11 heteroatoms. The summed E-state index contributed by atoms with van der Waals surface area (Å²) < 4.78 is 12.8. The third-order valence-corrected chi connectivity index (χ3v) is 9.01. The van der Waals surface area contributed by atoms with Crippen molar-refractivity contribution in [3.63, 3.8) is 0 Å². The lowest BCUT2D eigenvalue weighted by atomic mass is 10.0. The molecule has 3 aromatic rings. The number of benzene rings is 3. The Balaban J connectivity index is 1.58. The van der Waals surface area contributed by atoms with Gasteiger partial charge in [0.15, 0.2) is 0 Å². The molecule has 3 aromatic carbocycles. The van der Waals surface area contributed by atoms with Gasteiger partial charge in [-0.15, -0.1) is 0 Å². The smallest absolute Gasteiger partial charge is 0.323 e. The first kappa shape index (κ1) is 36.5. The van der Waals surface area contributed by atoms with Gasteiger partial charge >= 0.3 is 6.03 Å². The number of ether oxygens (including phenoxy) is 2. The van der Waals surface area contributed by atoms with Gasteiger partial charge in [0.05, 0.1) is 40.5 Å². The van der Waals surface area contributed by atoms with E-state index in [0.717, 1.165) is 24.8 Å². The standard InChI is InChI=1S/C36H46Cl2N4O5/c1-24-20-42(25(2)23-43)35(44)30-19-29(40-36(45)39-28-11-6-5-7-12-28)14-16-33(30)47-26(3)10-8-9-17-46-34(24)22-41(4)21-27-13-15-31(37)32(38)18-27/h5-7,11-16,18-19,24-26,34,43H,8-10,17,20-23H2,1-4H3,(H2,39,40,45)/t24-,25+,26-,34-/m0/s1. The first-order chi connectivity index (χ1) is 22.5. The highest BCUT2D eigenvalue weighted by atomic mass is 35.5. The molecular weight excluding hydrogens is 639 g/mol. The van der Waals surface area contributed by atoms with E-state index in [2.05, 4.69) is 22.5 Å². The summed E-state index contributed by atoms with van der Waals surface area (Å²) in [5.74, 6) is 0.0617. The lowest BCUT2D eigenvalue weighted by Crippen LogP contribution is -2.47. The molecule has 9 nitrogen and oxygen atoms in total. The van der Waals surface area contributed by atoms with E-state index in [9.17, 15) is 14.7 Å². The van der Waals surface area contributed by atoms with Crippen LogP contribution in [0.15, 0.2) is 66.7 Å². The molecule has 0 aromatic heterocycles. The summed E-state index contributed by atoms with van der Waals surface area (Å²) in [6.07, 6.45) is 2.22. The highest BCUT2D eigenvalue weighted by molar-refractivity contribution is 6.42. The Kier molecular flexibility index (Phi) is 13.8. The molecule has 0 saturated heterocycles. The molecule has 0 saturated carbocycles. The van der Waals surface area contributed by atoms with Crippen LogP contribution in [0.2, 0.25) is 10.0 Å². The molecule has 3 N–H and O–H groups in total. The van der Waals surface area contributed by atoms with E-state index in [1.165, 1.54) is 0 Å². The average Bonchev–Trinajstić information content (AvgIpc) is 3.04. The largest absolute Gasteiger partial charge is 0.490 e. The number of carbonyl (C=O) groups excluding carboxylic acids is 2. The maximum Gasteiger partial charge on any atom is 0.323 e. The topological polar surface area (TPSA) is 103 Å². The minimum absolute atomic E-state index is 0.0756. The predicted molar refractivity (Wildman–Crippen MR) is 189 cm³/mol. The summed E-state index contributed by atoms with van der Waals surface area (Å²) >= 11 is 12.4. The first-order valence-electron chi connectivity index (χ1n) is 16.1. The second kappa shape index (κ2) is 17.7. The summed E-state index contributed by atoms with van der Waals surface area (Å²) in [6.45, 7) is 7.85. The van der Waals surface area contributed by atoms with Gasteiger partial charge in [0.1, 0.15) is 5.75 Å². The molecule has 0 bridgehead atoms. The molecule has 0 fully saturated rings. The lowest BCUT2D eigenvalue weighted by Gasteiger charge is -2.36. The van der Waals surface area contributed by atoms with E-state index in [4.69, 9.17) is 32.7 Å². The number of hydrogen-bond donors (Lipinski definition) is 3. The number of halogens is 2. The maximum atomic E-state index is 14.3. The van der Waals surface area contributed by atoms with Crippen molar-refractivity contribution in [3.8, 4) is 5.75 Å². The monoisotopic (exact) mass is 684 g/mol. The van der Waals surface area contributed by atoms with Gasteiger partial charge in [-0.05, 0) is 88.2 Å². The summed E-state index contributed by atoms with van der Waals surface area (Å²) in [5, 5.41) is 16.9. The molecule has 1 heterocycles. The van der Waals surface area contributed by atoms with Crippen LogP contribution in [0.3, 0.4) is 0 Å². The minimum atomic E-state index is -0.476. The number of anilines is 2. The SMILES string of the molecule is C[C@H](CO)N1C[C@H](C)[C@H](CN(C)Cc2ccc(Cl)c(Cl)c2)OCCCC[C@H](C)Oc2ccc(NC(=O)Nc3ccccc3)cc2C1=O. The lowest BCUT2D eigenvalue weighted by molar-refractivity contribution is -0.0177. The number of nitrogens with one attached hydrogen (secondary N) is 2. The van der Waals surface area contributed by atoms with Crippen molar-refractivity contribution in [1.29, 1.82) is 0 Å². The Morgan fingerprint density at radius 1 is 1.02 bits per heavy atom. The second-order valence-corrected chi connectivity index (χ2v) is 13.2. The van der Waals surface area contributed by atoms with Crippen LogP contribution in [-0.4, -0.2) is 78.4 Å². The fourth-order valence-corrected chi connectivity index (χ4v) is 5.92. The van der Waals surface area contributed by atoms with Crippen molar-refractivity contribution in [2.75, 3.05) is 44.0 Å². The number of para-hydroxylation sites is 1. The summed E-state index contributed by atoms with van der Waals surface area (Å²) in [4.78, 5) is 31.0. The number of urea groups is 1. The number of likely N-dealkylation sites (N-methyl/N-ethyl adjacent to an activating group) is 1. The van der Waals surface area contributed by atoms with Gasteiger partial charge in [-0.2, -0.15) is 0 Å². The maximum absolute atomic E-state index is 14.3. The van der Waals surface area contributed by atoms with Crippen LogP contribution in [0.5, 0.6) is 5.75 Å². The fraction of sp³-hybridized carbons (Fsp3) is 0.444. The van der Waals surface area contributed by atoms with E-state index in [1.54, 1.807) is 41.3 Å². The number of carbonyl (C=O) groups is 2. The van der Waals surface area contributed by atoms with Gasteiger partial charge in [0.25, 0.3) is 5.91 Å². The van der Waals surface area contributed by atoms with Crippen LogP contribution in [0, 0.1) is 5.92 Å². The Bertz CT molecular complexity index is 1480. The van der Waals surface area contributed by atoms with E-state index >= 15 is 0 Å². The minimum Gasteiger partial charge on any atom is -0.490 e. The number of fused-ring (bicyclic) bond motifs is 1. The van der Waals surface area contributed by atoms with Gasteiger partial charge in [0.2, 0.25) is 0 Å². The van der Waals surface area contributed by atoms with Crippen LogP contribution in [0.1, 0.15) is 56.0 Å². The molecule has 254 valence electrons. The van der Waals surface area contributed by atoms with Crippen molar-refractivity contribution in [1.82, 2.24) is 9.80 Å². The molecular formula is C36H46Cl2N4O5. The molecule has 0 radical (unpaired) electrons. The Morgan fingerprint density at radius 3 is 2.49 bits per heavy atom. The summed E-state index contributed by atoms with van der Waals surface area (Å²) in [6, 6.07) is 18.9. The van der Waals surface area contributed by atoms with Gasteiger partial charge in [-0.1, -0.05) is 54.4 Å². The molecule has 4 atom stereocenters. The average molecular weight is 686 g/mol. The Labute approximate surface area is 288 Å². The Morgan fingerprint density at radius 2 is 1.77 bits per heavy atom. The number of amides is 3. The zero-order valence-corrected chi connectivity index (χ0v) is 29.1. The normalized spacial score (nSPS) is 20.1. The number of aliphatic hydroxyl groups is 1. The first-order valence-corrected chi connectivity index (χ1v) is 16.9. The highest BCUT2D eigenvalue weighted by Crippen LogP contribution is 2.29. The van der Waals surface area contributed by atoms with Crippen molar-refractivity contribution >= 4 is 46.5 Å². The molecule has 4 rings (SSSR count). The molecule has 0 aliphatic carbocycles. The summed E-state index contributed by atoms with van der Waals surface area (Å²) in [5.41, 5.74) is 2.44.